The number of ether oxygens (including phenoxy) is 1. The summed E-state index contributed by atoms with van der Waals surface area (Å²) < 4.78 is 20.2. The van der Waals surface area contributed by atoms with Crippen molar-refractivity contribution in [1.29, 1.82) is 0 Å². The summed E-state index contributed by atoms with van der Waals surface area (Å²) in [5, 5.41) is 0.515. The lowest BCUT2D eigenvalue weighted by Crippen LogP contribution is -2.42. The second kappa shape index (κ2) is 10.6. The van der Waals surface area contributed by atoms with E-state index in [2.05, 4.69) is 9.88 Å². The molecule has 2 aromatic carbocycles. The van der Waals surface area contributed by atoms with Crippen LogP contribution in [0.2, 0.25) is 0 Å². The second-order valence-corrected chi connectivity index (χ2v) is 7.78. The maximum atomic E-state index is 14.1. The summed E-state index contributed by atoms with van der Waals surface area (Å²) in [7, 11) is 0. The Morgan fingerprint density at radius 3 is 2.67 bits per heavy atom. The van der Waals surface area contributed by atoms with Gasteiger partial charge in [0.05, 0.1) is 17.9 Å². The van der Waals surface area contributed by atoms with Crippen LogP contribution >= 0.6 is 23.7 Å². The molecule has 158 valence electrons. The highest BCUT2D eigenvalue weighted by Crippen LogP contribution is 2.30. The molecule has 0 saturated carbocycles. The van der Waals surface area contributed by atoms with Gasteiger partial charge in [-0.2, -0.15) is 0 Å². The number of para-hydroxylation sites is 1. The Kier molecular flexibility index (Phi) is 7.93. The van der Waals surface area contributed by atoms with E-state index in [1.165, 1.54) is 17.4 Å². The molecule has 0 atom stereocenters. The normalized spacial score (nSPS) is 14.7. The molecule has 1 aliphatic heterocycles. The third kappa shape index (κ3) is 5.43. The van der Waals surface area contributed by atoms with E-state index >= 15 is 0 Å². The SMILES string of the molecule is Cl.O=C(C=Cc1ccccc1)N(CCN1CCOCC1)c1nc2c(F)cccc2s1. The summed E-state index contributed by atoms with van der Waals surface area (Å²) in [5.74, 6) is -0.535. The lowest BCUT2D eigenvalue weighted by atomic mass is 10.2. The van der Waals surface area contributed by atoms with E-state index in [1.54, 1.807) is 23.1 Å². The minimum Gasteiger partial charge on any atom is -0.379 e. The fraction of sp³-hybridized carbons (Fsp3) is 0.273. The van der Waals surface area contributed by atoms with Crippen molar-refractivity contribution in [2.45, 2.75) is 0 Å². The zero-order valence-electron chi connectivity index (χ0n) is 16.4. The molecule has 0 radical (unpaired) electrons. The minimum absolute atomic E-state index is 0. The number of carbonyl (C=O) groups excluding carboxylic acids is 1. The molecule has 4 rings (SSSR count). The van der Waals surface area contributed by atoms with Gasteiger partial charge >= 0.3 is 0 Å². The number of thiazole rings is 1. The van der Waals surface area contributed by atoms with Crippen LogP contribution in [0, 0.1) is 5.82 Å². The zero-order chi connectivity index (χ0) is 20.1. The van der Waals surface area contributed by atoms with E-state index in [0.717, 1.165) is 23.4 Å². The smallest absolute Gasteiger partial charge is 0.252 e. The van der Waals surface area contributed by atoms with E-state index in [0.29, 0.717) is 37.0 Å². The van der Waals surface area contributed by atoms with Crippen LogP contribution in [0.15, 0.2) is 54.6 Å². The summed E-state index contributed by atoms with van der Waals surface area (Å²) in [6.07, 6.45) is 3.34. The first-order chi connectivity index (χ1) is 14.2. The highest BCUT2D eigenvalue weighted by molar-refractivity contribution is 7.22. The van der Waals surface area contributed by atoms with Crippen LogP contribution in [0.3, 0.4) is 0 Å². The fourth-order valence-electron chi connectivity index (χ4n) is 3.21. The van der Waals surface area contributed by atoms with E-state index < -0.39 is 0 Å². The van der Waals surface area contributed by atoms with Gasteiger partial charge in [0.15, 0.2) is 5.13 Å². The standard InChI is InChI=1S/C22H22FN3O2S.ClH/c23-18-7-4-8-19-21(18)24-22(29-19)26(12-11-25-13-15-28-16-14-25)20(27)10-9-17-5-2-1-3-6-17;/h1-10H,11-16H2;1H. The molecule has 3 aromatic rings. The molecule has 2 heterocycles. The van der Waals surface area contributed by atoms with Gasteiger partial charge < -0.3 is 4.74 Å². The highest BCUT2D eigenvalue weighted by Gasteiger charge is 2.21. The molecule has 0 N–H and O–H groups in total. The van der Waals surface area contributed by atoms with Crippen molar-refractivity contribution in [3.05, 3.63) is 66.0 Å². The number of morpholine rings is 1. The maximum Gasteiger partial charge on any atom is 0.252 e. The molecule has 1 saturated heterocycles. The van der Waals surface area contributed by atoms with Crippen molar-refractivity contribution in [3.8, 4) is 0 Å². The number of hydrogen-bond donors (Lipinski definition) is 0. The molecule has 1 aromatic heterocycles. The number of aromatic nitrogens is 1. The van der Waals surface area contributed by atoms with Crippen LogP contribution < -0.4 is 4.90 Å². The Balaban J connectivity index is 0.00000256. The average Bonchev–Trinajstić information content (AvgIpc) is 3.19. The first-order valence-corrected chi connectivity index (χ1v) is 10.4. The van der Waals surface area contributed by atoms with Gasteiger partial charge in [-0.25, -0.2) is 9.37 Å². The van der Waals surface area contributed by atoms with E-state index in [1.807, 2.05) is 36.4 Å². The summed E-state index contributed by atoms with van der Waals surface area (Å²) in [6, 6.07) is 14.5. The maximum absolute atomic E-state index is 14.1. The largest absolute Gasteiger partial charge is 0.379 e. The number of hydrogen-bond acceptors (Lipinski definition) is 5. The monoisotopic (exact) mass is 447 g/mol. The lowest BCUT2D eigenvalue weighted by molar-refractivity contribution is -0.114. The number of nitrogens with zero attached hydrogens (tertiary/aromatic N) is 3. The predicted octanol–water partition coefficient (Wildman–Crippen LogP) is 4.24. The van der Waals surface area contributed by atoms with E-state index in [9.17, 15) is 9.18 Å². The van der Waals surface area contributed by atoms with E-state index in [-0.39, 0.29) is 24.1 Å². The van der Waals surface area contributed by atoms with Gasteiger partial charge in [0.2, 0.25) is 0 Å². The Bertz CT molecular complexity index is 1010. The Labute approximate surface area is 185 Å². The molecule has 1 aliphatic rings. The van der Waals surface area contributed by atoms with Crippen LogP contribution in [0.5, 0.6) is 0 Å². The number of benzene rings is 2. The number of rotatable bonds is 6. The fourth-order valence-corrected chi connectivity index (χ4v) is 4.22. The van der Waals surface area contributed by atoms with Crippen LogP contribution in [0.4, 0.5) is 9.52 Å². The lowest BCUT2D eigenvalue weighted by Gasteiger charge is -2.28. The predicted molar refractivity (Wildman–Crippen MR) is 122 cm³/mol. The molecule has 0 spiro atoms. The number of fused-ring (bicyclic) bond motifs is 1. The summed E-state index contributed by atoms with van der Waals surface area (Å²) in [5.41, 5.74) is 1.26. The topological polar surface area (TPSA) is 45.7 Å². The molecule has 0 aliphatic carbocycles. The second-order valence-electron chi connectivity index (χ2n) is 6.77. The van der Waals surface area contributed by atoms with Crippen LogP contribution in [0.1, 0.15) is 5.56 Å². The molecule has 5 nitrogen and oxygen atoms in total. The van der Waals surface area contributed by atoms with Crippen molar-refractivity contribution in [2.24, 2.45) is 0 Å². The molecule has 0 bridgehead atoms. The zero-order valence-corrected chi connectivity index (χ0v) is 18.0. The Hall–Kier alpha value is -2.32. The molecule has 30 heavy (non-hydrogen) atoms. The van der Waals surface area contributed by atoms with Crippen LogP contribution in [-0.4, -0.2) is 55.2 Å². The Morgan fingerprint density at radius 2 is 1.93 bits per heavy atom. The van der Waals surface area contributed by atoms with Gasteiger partial charge in [0.1, 0.15) is 11.3 Å². The van der Waals surface area contributed by atoms with Gasteiger partial charge in [-0.1, -0.05) is 47.7 Å². The Morgan fingerprint density at radius 1 is 1.17 bits per heavy atom. The number of carbonyl (C=O) groups is 1. The van der Waals surface area contributed by atoms with Crippen LogP contribution in [-0.2, 0) is 9.53 Å². The number of anilines is 1. The third-order valence-corrected chi connectivity index (χ3v) is 5.86. The van der Waals surface area contributed by atoms with Gasteiger partial charge in [-0.05, 0) is 23.8 Å². The molecule has 1 fully saturated rings. The molecule has 8 heteroatoms. The average molecular weight is 448 g/mol. The van der Waals surface area contributed by atoms with Gasteiger partial charge in [0.25, 0.3) is 5.91 Å². The first kappa shape index (κ1) is 22.4. The van der Waals surface area contributed by atoms with Crippen molar-refractivity contribution in [3.63, 3.8) is 0 Å². The quantitative estimate of drug-likeness (QED) is 0.530. The molecular formula is C22H23ClFN3O2S. The van der Waals surface area contributed by atoms with Gasteiger partial charge in [-0.15, -0.1) is 12.4 Å². The van der Waals surface area contributed by atoms with Gasteiger partial charge in [0, 0.05) is 32.3 Å². The van der Waals surface area contributed by atoms with Crippen molar-refractivity contribution < 1.29 is 13.9 Å². The van der Waals surface area contributed by atoms with Crippen molar-refractivity contribution in [2.75, 3.05) is 44.3 Å². The first-order valence-electron chi connectivity index (χ1n) is 9.60. The molecule has 1 amide bonds. The number of amides is 1. The summed E-state index contributed by atoms with van der Waals surface area (Å²) >= 11 is 1.33. The number of halogens is 2. The molecular weight excluding hydrogens is 425 g/mol. The van der Waals surface area contributed by atoms with Crippen LogP contribution in [0.25, 0.3) is 16.3 Å². The van der Waals surface area contributed by atoms with Gasteiger partial charge in [-0.3, -0.25) is 14.6 Å². The summed E-state index contributed by atoms with van der Waals surface area (Å²) in [6.45, 7) is 4.29. The molecule has 0 unspecified atom stereocenters. The van der Waals surface area contributed by atoms with E-state index in [4.69, 9.17) is 4.74 Å². The van der Waals surface area contributed by atoms with Crippen molar-refractivity contribution >= 4 is 51.1 Å². The summed E-state index contributed by atoms with van der Waals surface area (Å²) in [4.78, 5) is 21.3. The highest BCUT2D eigenvalue weighted by atomic mass is 35.5. The van der Waals surface area contributed by atoms with Crippen molar-refractivity contribution in [1.82, 2.24) is 9.88 Å². The minimum atomic E-state index is -0.370. The third-order valence-electron chi connectivity index (χ3n) is 4.82.